The van der Waals surface area contributed by atoms with E-state index in [0.717, 1.165) is 4.90 Å². The first-order valence-electron chi connectivity index (χ1n) is 4.26. The van der Waals surface area contributed by atoms with E-state index in [4.69, 9.17) is 10.2 Å². The quantitative estimate of drug-likeness (QED) is 0.569. The topological polar surface area (TPSA) is 94.9 Å². The number of amides is 2. The lowest BCUT2D eigenvalue weighted by Crippen LogP contribution is -2.46. The van der Waals surface area contributed by atoms with Gasteiger partial charge in [0, 0.05) is 12.8 Å². The average molecular weight is 201 g/mol. The van der Waals surface area contributed by atoms with Gasteiger partial charge in [-0.05, 0) is 6.42 Å². The van der Waals surface area contributed by atoms with Crippen LogP contribution in [0.4, 0.5) is 0 Å². The van der Waals surface area contributed by atoms with Gasteiger partial charge in [-0.15, -0.1) is 0 Å². The molecule has 14 heavy (non-hydrogen) atoms. The van der Waals surface area contributed by atoms with Crippen molar-refractivity contribution in [3.63, 3.8) is 0 Å². The number of imide groups is 1. The molecule has 0 spiro atoms. The summed E-state index contributed by atoms with van der Waals surface area (Å²) in [6.07, 6.45) is -0.728. The number of aliphatic hydroxyl groups excluding tert-OH is 1. The second-order valence-electron chi connectivity index (χ2n) is 3.11. The summed E-state index contributed by atoms with van der Waals surface area (Å²) in [5.41, 5.74) is 0. The second kappa shape index (κ2) is 4.19. The summed E-state index contributed by atoms with van der Waals surface area (Å²) in [7, 11) is 0. The lowest BCUT2D eigenvalue weighted by Gasteiger charge is -2.25. The molecule has 1 atom stereocenters. The molecule has 1 aliphatic rings. The molecule has 1 saturated heterocycles. The molecule has 78 valence electrons. The molecule has 2 N–H and O–H groups in total. The van der Waals surface area contributed by atoms with E-state index in [1.165, 1.54) is 0 Å². The molecular weight excluding hydrogens is 190 g/mol. The summed E-state index contributed by atoms with van der Waals surface area (Å²) in [6.45, 7) is -0.451. The van der Waals surface area contributed by atoms with E-state index < -0.39 is 30.4 Å². The molecule has 1 rings (SSSR count). The third kappa shape index (κ3) is 2.29. The highest BCUT2D eigenvalue weighted by Crippen LogP contribution is 2.12. The van der Waals surface area contributed by atoms with Gasteiger partial charge in [0.2, 0.25) is 11.8 Å². The van der Waals surface area contributed by atoms with Gasteiger partial charge >= 0.3 is 5.97 Å². The Morgan fingerprint density at radius 3 is 2.29 bits per heavy atom. The molecule has 1 unspecified atom stereocenters. The monoisotopic (exact) mass is 201 g/mol. The van der Waals surface area contributed by atoms with Gasteiger partial charge < -0.3 is 10.2 Å². The Balaban J connectivity index is 2.61. The lowest BCUT2D eigenvalue weighted by molar-refractivity contribution is -0.154. The van der Waals surface area contributed by atoms with Crippen LogP contribution in [0.1, 0.15) is 19.3 Å². The van der Waals surface area contributed by atoms with Crippen LogP contribution in [-0.4, -0.2) is 45.5 Å². The van der Waals surface area contributed by atoms with Gasteiger partial charge in [0.1, 0.15) is 0 Å². The summed E-state index contributed by atoms with van der Waals surface area (Å²) in [6, 6.07) is 0. The molecule has 0 aromatic rings. The average Bonchev–Trinajstić information content (AvgIpc) is 2.11. The molecule has 1 aliphatic heterocycles. The number of hydrogen-bond acceptors (Lipinski definition) is 4. The highest BCUT2D eigenvalue weighted by atomic mass is 16.4. The summed E-state index contributed by atoms with van der Waals surface area (Å²) in [4.78, 5) is 33.4. The summed E-state index contributed by atoms with van der Waals surface area (Å²) in [5.74, 6) is -2.26. The third-order valence-electron chi connectivity index (χ3n) is 2.02. The van der Waals surface area contributed by atoms with E-state index in [9.17, 15) is 14.4 Å². The summed E-state index contributed by atoms with van der Waals surface area (Å²) >= 11 is 0. The fourth-order valence-corrected chi connectivity index (χ4v) is 1.25. The van der Waals surface area contributed by atoms with E-state index >= 15 is 0 Å². The molecule has 0 aliphatic carbocycles. The Bertz CT molecular complexity index is 259. The van der Waals surface area contributed by atoms with Crippen LogP contribution in [-0.2, 0) is 14.4 Å². The zero-order valence-corrected chi connectivity index (χ0v) is 7.47. The van der Waals surface area contributed by atoms with Gasteiger partial charge in [0.05, 0.1) is 6.54 Å². The molecule has 6 nitrogen and oxygen atoms in total. The van der Waals surface area contributed by atoms with Crippen molar-refractivity contribution in [2.24, 2.45) is 0 Å². The number of carbonyl (C=O) groups is 3. The number of piperidine rings is 1. The van der Waals surface area contributed by atoms with Crippen LogP contribution >= 0.6 is 0 Å². The van der Waals surface area contributed by atoms with Crippen molar-refractivity contribution in [3.05, 3.63) is 0 Å². The number of carboxylic acids is 1. The Hall–Kier alpha value is -1.43. The lowest BCUT2D eigenvalue weighted by atomic mass is 10.1. The largest absolute Gasteiger partial charge is 0.479 e. The molecule has 0 bridgehead atoms. The van der Waals surface area contributed by atoms with E-state index in [1.54, 1.807) is 0 Å². The van der Waals surface area contributed by atoms with Crippen molar-refractivity contribution in [3.8, 4) is 0 Å². The fraction of sp³-hybridized carbons (Fsp3) is 0.625. The molecule has 0 aromatic carbocycles. The van der Waals surface area contributed by atoms with Gasteiger partial charge in [-0.2, -0.15) is 0 Å². The van der Waals surface area contributed by atoms with Crippen molar-refractivity contribution in [2.45, 2.75) is 25.4 Å². The molecule has 1 fully saturated rings. The number of rotatable bonds is 3. The number of β-amino-alcohol motifs (C(OH)–C–C–N with tert-alkyl or cyclic N) is 1. The first kappa shape index (κ1) is 10.6. The molecule has 0 aromatic heterocycles. The summed E-state index contributed by atoms with van der Waals surface area (Å²) < 4.78 is 0. The minimum atomic E-state index is -1.69. The van der Waals surface area contributed by atoms with Crippen LogP contribution < -0.4 is 0 Å². The maximum absolute atomic E-state index is 11.2. The van der Waals surface area contributed by atoms with Crippen molar-refractivity contribution < 1.29 is 24.6 Å². The van der Waals surface area contributed by atoms with Crippen LogP contribution in [0.2, 0.25) is 0 Å². The summed E-state index contributed by atoms with van der Waals surface area (Å²) in [5, 5.41) is 17.4. The van der Waals surface area contributed by atoms with Gasteiger partial charge in [0.25, 0.3) is 0 Å². The smallest absolute Gasteiger partial charge is 0.334 e. The number of nitrogens with zero attached hydrogens (tertiary/aromatic N) is 1. The minimum absolute atomic E-state index is 0.234. The second-order valence-corrected chi connectivity index (χ2v) is 3.11. The normalized spacial score (nSPS) is 19.6. The van der Waals surface area contributed by atoms with Gasteiger partial charge in [-0.3, -0.25) is 14.5 Å². The van der Waals surface area contributed by atoms with Crippen LogP contribution in [0.5, 0.6) is 0 Å². The molecule has 6 heteroatoms. The van der Waals surface area contributed by atoms with E-state index in [0.29, 0.717) is 6.42 Å². The predicted octanol–water partition coefficient (Wildman–Crippen LogP) is -1.03. The van der Waals surface area contributed by atoms with Crippen molar-refractivity contribution in [1.82, 2.24) is 4.90 Å². The standard InChI is InChI=1S/C8H11NO5/c10-5(8(13)14)4-9-6(11)2-1-3-7(9)12/h5,10H,1-4H2,(H,13,14). The number of likely N-dealkylation sites (tertiary alicyclic amines) is 1. The minimum Gasteiger partial charge on any atom is -0.479 e. The van der Waals surface area contributed by atoms with Crippen LogP contribution in [0.25, 0.3) is 0 Å². The number of aliphatic hydroxyl groups is 1. The number of carbonyl (C=O) groups excluding carboxylic acids is 2. The number of hydrogen-bond donors (Lipinski definition) is 2. The number of carboxylic acid groups (broad SMARTS) is 1. The molecule has 0 saturated carbocycles. The molecule has 0 radical (unpaired) electrons. The van der Waals surface area contributed by atoms with Crippen molar-refractivity contribution in [2.75, 3.05) is 6.54 Å². The first-order valence-corrected chi connectivity index (χ1v) is 4.26. The maximum atomic E-state index is 11.2. The Kier molecular flexibility index (Phi) is 3.19. The van der Waals surface area contributed by atoms with Gasteiger partial charge in [0.15, 0.2) is 6.10 Å². The predicted molar refractivity (Wildman–Crippen MR) is 44.2 cm³/mol. The van der Waals surface area contributed by atoms with E-state index in [1.807, 2.05) is 0 Å². The number of aliphatic carboxylic acids is 1. The van der Waals surface area contributed by atoms with Gasteiger partial charge in [-0.25, -0.2) is 4.79 Å². The molecular formula is C8H11NO5. The zero-order chi connectivity index (χ0) is 10.7. The highest BCUT2D eigenvalue weighted by molar-refractivity contribution is 5.97. The Labute approximate surface area is 80.1 Å². The Morgan fingerprint density at radius 1 is 1.36 bits per heavy atom. The van der Waals surface area contributed by atoms with Crippen LogP contribution in [0.15, 0.2) is 0 Å². The highest BCUT2D eigenvalue weighted by Gasteiger charge is 2.29. The van der Waals surface area contributed by atoms with Gasteiger partial charge in [-0.1, -0.05) is 0 Å². The molecule has 2 amide bonds. The van der Waals surface area contributed by atoms with Crippen molar-refractivity contribution >= 4 is 17.8 Å². The van der Waals surface area contributed by atoms with E-state index in [-0.39, 0.29) is 12.8 Å². The Morgan fingerprint density at radius 2 is 1.86 bits per heavy atom. The van der Waals surface area contributed by atoms with E-state index in [2.05, 4.69) is 0 Å². The van der Waals surface area contributed by atoms with Crippen molar-refractivity contribution in [1.29, 1.82) is 0 Å². The SMILES string of the molecule is O=C(O)C(O)CN1C(=O)CCCC1=O. The van der Waals surface area contributed by atoms with Crippen LogP contribution in [0, 0.1) is 0 Å². The maximum Gasteiger partial charge on any atom is 0.334 e. The first-order chi connectivity index (χ1) is 6.52. The van der Waals surface area contributed by atoms with Crippen LogP contribution in [0.3, 0.4) is 0 Å². The fourth-order valence-electron chi connectivity index (χ4n) is 1.25. The third-order valence-corrected chi connectivity index (χ3v) is 2.02. The molecule has 1 heterocycles. The zero-order valence-electron chi connectivity index (χ0n) is 7.47.